The van der Waals surface area contributed by atoms with Gasteiger partial charge in [0.1, 0.15) is 22.8 Å². The molecule has 9 heteroatoms. The van der Waals surface area contributed by atoms with Gasteiger partial charge in [0.15, 0.2) is 0 Å². The number of nitrogens with zero attached hydrogens (tertiary/aromatic N) is 1. The number of nitrogens with one attached hydrogen (secondary N) is 1. The van der Waals surface area contributed by atoms with Crippen LogP contribution in [0.25, 0.3) is 0 Å². The molecule has 2 heterocycles. The lowest BCUT2D eigenvalue weighted by molar-refractivity contribution is -0.153. The zero-order chi connectivity index (χ0) is 24.6. The summed E-state index contributed by atoms with van der Waals surface area (Å²) in [4.78, 5) is 41.7. The van der Waals surface area contributed by atoms with Crippen LogP contribution in [0.2, 0.25) is 0 Å². The Bertz CT molecular complexity index is 1120. The number of methoxy groups -OCH3 is 3. The topological polar surface area (TPSA) is 103 Å². The van der Waals surface area contributed by atoms with Crippen molar-refractivity contribution in [3.05, 3.63) is 48.0 Å². The zero-order valence-electron chi connectivity index (χ0n) is 19.8. The molecular weight excluding hydrogens is 440 g/mol. The zero-order valence-corrected chi connectivity index (χ0v) is 19.8. The van der Waals surface area contributed by atoms with Crippen molar-refractivity contribution < 1.29 is 33.3 Å². The second-order valence-electron chi connectivity index (χ2n) is 8.37. The van der Waals surface area contributed by atoms with Crippen molar-refractivity contribution in [1.82, 2.24) is 5.32 Å². The van der Waals surface area contributed by atoms with E-state index in [1.165, 1.54) is 14.2 Å². The third-order valence-corrected chi connectivity index (χ3v) is 6.59. The maximum atomic E-state index is 13.7. The molecule has 0 saturated carbocycles. The third-order valence-electron chi connectivity index (χ3n) is 6.59. The van der Waals surface area contributed by atoms with Gasteiger partial charge >= 0.3 is 5.97 Å². The van der Waals surface area contributed by atoms with Crippen molar-refractivity contribution in [3.8, 4) is 17.2 Å². The van der Waals surface area contributed by atoms with Crippen LogP contribution in [0.4, 0.5) is 5.69 Å². The maximum absolute atomic E-state index is 13.7. The maximum Gasteiger partial charge on any atom is 0.326 e. The van der Waals surface area contributed by atoms with Gasteiger partial charge in [-0.3, -0.25) is 19.7 Å². The molecule has 34 heavy (non-hydrogen) atoms. The second-order valence-corrected chi connectivity index (χ2v) is 8.37. The van der Waals surface area contributed by atoms with Gasteiger partial charge in [-0.25, -0.2) is 4.90 Å². The average molecular weight is 469 g/mol. The number of rotatable bonds is 7. The van der Waals surface area contributed by atoms with E-state index < -0.39 is 41.2 Å². The largest absolute Gasteiger partial charge is 0.497 e. The molecule has 2 saturated heterocycles. The van der Waals surface area contributed by atoms with Crippen LogP contribution in [0.5, 0.6) is 17.2 Å². The summed E-state index contributed by atoms with van der Waals surface area (Å²) in [6.45, 7) is 3.46. The Morgan fingerprint density at radius 3 is 2.21 bits per heavy atom. The molecule has 2 aromatic carbocycles. The highest BCUT2D eigenvalue weighted by atomic mass is 16.5. The number of esters is 1. The van der Waals surface area contributed by atoms with Crippen LogP contribution in [0.3, 0.4) is 0 Å². The molecule has 4 atom stereocenters. The first kappa shape index (κ1) is 23.6. The molecule has 2 aromatic rings. The Balaban J connectivity index is 1.82. The normalized spacial score (nSPS) is 25.8. The third kappa shape index (κ3) is 3.56. The van der Waals surface area contributed by atoms with E-state index in [0.29, 0.717) is 28.5 Å². The van der Waals surface area contributed by atoms with Gasteiger partial charge in [-0.1, -0.05) is 6.07 Å². The van der Waals surface area contributed by atoms with Gasteiger partial charge in [-0.15, -0.1) is 0 Å². The Kier molecular flexibility index (Phi) is 6.22. The highest BCUT2D eigenvalue weighted by molar-refractivity contribution is 6.24. The molecule has 0 spiro atoms. The van der Waals surface area contributed by atoms with E-state index in [1.54, 1.807) is 63.4 Å². The van der Waals surface area contributed by atoms with Crippen LogP contribution < -0.4 is 24.4 Å². The summed E-state index contributed by atoms with van der Waals surface area (Å²) in [7, 11) is 4.59. The Morgan fingerprint density at radius 2 is 1.62 bits per heavy atom. The van der Waals surface area contributed by atoms with E-state index in [0.717, 1.165) is 4.90 Å². The summed E-state index contributed by atoms with van der Waals surface area (Å²) < 4.78 is 21.4. The fourth-order valence-electron chi connectivity index (χ4n) is 4.94. The minimum Gasteiger partial charge on any atom is -0.497 e. The lowest BCUT2D eigenvalue weighted by Crippen LogP contribution is -2.54. The van der Waals surface area contributed by atoms with Crippen molar-refractivity contribution in [3.63, 3.8) is 0 Å². The highest BCUT2D eigenvalue weighted by Crippen LogP contribution is 2.51. The number of carbonyl (C=O) groups excluding carboxylic acids is 3. The SMILES string of the molecule is CCOC(=O)[C@]1(C)N[C@@H](c2ccc(OC)cc2OC)[C@H]2C(=O)N(c3ccc(OC)cc3)C(=O)[C@@H]21. The van der Waals surface area contributed by atoms with Crippen LogP contribution in [0.15, 0.2) is 42.5 Å². The van der Waals surface area contributed by atoms with Crippen LogP contribution >= 0.6 is 0 Å². The van der Waals surface area contributed by atoms with E-state index >= 15 is 0 Å². The first-order valence-electron chi connectivity index (χ1n) is 11.0. The molecule has 180 valence electrons. The van der Waals surface area contributed by atoms with Crippen molar-refractivity contribution in [2.24, 2.45) is 11.8 Å². The second kappa shape index (κ2) is 8.98. The molecule has 2 aliphatic rings. The predicted molar refractivity (Wildman–Crippen MR) is 123 cm³/mol. The molecule has 0 aliphatic carbocycles. The van der Waals surface area contributed by atoms with Crippen LogP contribution in [-0.4, -0.2) is 51.3 Å². The van der Waals surface area contributed by atoms with Crippen molar-refractivity contribution >= 4 is 23.5 Å². The van der Waals surface area contributed by atoms with Gasteiger partial charge in [0, 0.05) is 17.7 Å². The Morgan fingerprint density at radius 1 is 0.971 bits per heavy atom. The van der Waals surface area contributed by atoms with Gasteiger partial charge < -0.3 is 18.9 Å². The van der Waals surface area contributed by atoms with Crippen LogP contribution in [0, 0.1) is 11.8 Å². The number of benzene rings is 2. The molecule has 2 fully saturated rings. The predicted octanol–water partition coefficient (Wildman–Crippen LogP) is 2.48. The van der Waals surface area contributed by atoms with E-state index in [4.69, 9.17) is 18.9 Å². The number of hydrogen-bond acceptors (Lipinski definition) is 8. The van der Waals surface area contributed by atoms with Gasteiger partial charge in [0.2, 0.25) is 11.8 Å². The average Bonchev–Trinajstić information content (AvgIpc) is 3.32. The van der Waals surface area contributed by atoms with Gasteiger partial charge in [-0.2, -0.15) is 0 Å². The number of carbonyl (C=O) groups is 3. The number of ether oxygens (including phenoxy) is 4. The van der Waals surface area contributed by atoms with E-state index in [2.05, 4.69) is 5.32 Å². The summed E-state index contributed by atoms with van der Waals surface area (Å²) in [6, 6.07) is 11.2. The standard InChI is InChI=1S/C25H28N2O7/c1-6-34-24(30)25(2)20-19(21(26-25)17-12-11-16(32-4)13-18(17)33-5)22(28)27(23(20)29)14-7-9-15(31-3)10-8-14/h7-13,19-21,26H,6H2,1-5H3/t19-,20+,21-,25+/m0/s1. The molecule has 0 aromatic heterocycles. The fourth-order valence-corrected chi connectivity index (χ4v) is 4.94. The fraction of sp³-hybridized carbons (Fsp3) is 0.400. The minimum atomic E-state index is -1.41. The van der Waals surface area contributed by atoms with Crippen molar-refractivity contribution in [2.45, 2.75) is 25.4 Å². The number of hydrogen-bond donors (Lipinski definition) is 1. The Hall–Kier alpha value is -3.59. The summed E-state index contributed by atoms with van der Waals surface area (Å²) in [6.07, 6.45) is 0. The number of amides is 2. The molecule has 4 rings (SSSR count). The number of anilines is 1. The molecular formula is C25H28N2O7. The first-order chi connectivity index (χ1) is 16.3. The van der Waals surface area contributed by atoms with Crippen LogP contribution in [0.1, 0.15) is 25.5 Å². The number of imide groups is 1. The minimum absolute atomic E-state index is 0.147. The molecule has 0 radical (unpaired) electrons. The van der Waals surface area contributed by atoms with Gasteiger partial charge in [0.25, 0.3) is 0 Å². The summed E-state index contributed by atoms with van der Waals surface area (Å²) in [5, 5.41) is 3.25. The lowest BCUT2D eigenvalue weighted by Gasteiger charge is -2.29. The lowest BCUT2D eigenvalue weighted by atomic mass is 9.80. The van der Waals surface area contributed by atoms with E-state index in [-0.39, 0.29) is 6.61 Å². The van der Waals surface area contributed by atoms with Gasteiger partial charge in [0.05, 0.1) is 45.5 Å². The molecule has 0 bridgehead atoms. The summed E-state index contributed by atoms with van der Waals surface area (Å²) >= 11 is 0. The van der Waals surface area contributed by atoms with Crippen molar-refractivity contribution in [1.29, 1.82) is 0 Å². The molecule has 2 aliphatic heterocycles. The van der Waals surface area contributed by atoms with Crippen molar-refractivity contribution in [2.75, 3.05) is 32.8 Å². The Labute approximate surface area is 197 Å². The summed E-state index contributed by atoms with van der Waals surface area (Å²) in [5.41, 5.74) is -0.356. The molecule has 0 unspecified atom stereocenters. The molecule has 1 N–H and O–H groups in total. The molecule has 9 nitrogen and oxygen atoms in total. The highest BCUT2D eigenvalue weighted by Gasteiger charge is 2.67. The smallest absolute Gasteiger partial charge is 0.326 e. The monoisotopic (exact) mass is 468 g/mol. The summed E-state index contributed by atoms with van der Waals surface area (Å²) in [5.74, 6) is -1.59. The quantitative estimate of drug-likeness (QED) is 0.488. The van der Waals surface area contributed by atoms with E-state index in [9.17, 15) is 14.4 Å². The number of fused-ring (bicyclic) bond motifs is 1. The van der Waals surface area contributed by atoms with Gasteiger partial charge in [-0.05, 0) is 44.2 Å². The van der Waals surface area contributed by atoms with E-state index in [1.807, 2.05) is 0 Å². The molecule has 2 amide bonds. The first-order valence-corrected chi connectivity index (χ1v) is 11.0. The van der Waals surface area contributed by atoms with Crippen LogP contribution in [-0.2, 0) is 19.1 Å².